The van der Waals surface area contributed by atoms with Gasteiger partial charge < -0.3 is 9.84 Å². The molecule has 5 heteroatoms. The van der Waals surface area contributed by atoms with Gasteiger partial charge in [0.2, 0.25) is 0 Å². The highest BCUT2D eigenvalue weighted by Crippen LogP contribution is 2.28. The fourth-order valence-corrected chi connectivity index (χ4v) is 2.51. The van der Waals surface area contributed by atoms with Gasteiger partial charge in [-0.2, -0.15) is 0 Å². The number of rotatable bonds is 6. The minimum Gasteiger partial charge on any atom is -0.480 e. The molecule has 0 amide bonds. The number of benzene rings is 1. The Bertz CT molecular complexity index is 418. The van der Waals surface area contributed by atoms with E-state index >= 15 is 0 Å². The molecule has 18 heavy (non-hydrogen) atoms. The van der Waals surface area contributed by atoms with Crippen LogP contribution in [0.25, 0.3) is 0 Å². The maximum absolute atomic E-state index is 11.5. The molecular weight excluding hydrogens is 252 g/mol. The van der Waals surface area contributed by atoms with Crippen LogP contribution in [0.4, 0.5) is 0 Å². The summed E-state index contributed by atoms with van der Waals surface area (Å²) in [6.07, 6.45) is 0.231. The molecule has 4 nitrogen and oxygen atoms in total. The van der Waals surface area contributed by atoms with E-state index in [-0.39, 0.29) is 6.42 Å². The normalized spacial score (nSPS) is 13.7. The number of carbonyl (C=O) groups excluding carboxylic acids is 1. The number of esters is 1. The molecule has 0 fully saturated rings. The van der Waals surface area contributed by atoms with Crippen LogP contribution in [0.3, 0.4) is 0 Å². The van der Waals surface area contributed by atoms with Crippen molar-refractivity contribution in [2.75, 3.05) is 12.9 Å². The molecule has 0 aliphatic heterocycles. The molecular formula is C13H16O4S. The summed E-state index contributed by atoms with van der Waals surface area (Å²) in [4.78, 5) is 23.7. The first-order valence-electron chi connectivity index (χ1n) is 5.50. The predicted octanol–water partition coefficient (Wildman–Crippen LogP) is 2.43. The van der Waals surface area contributed by atoms with Crippen LogP contribution in [0.1, 0.15) is 13.3 Å². The largest absolute Gasteiger partial charge is 0.480 e. The second-order valence-corrected chi connectivity index (χ2v) is 5.21. The molecule has 1 aromatic rings. The lowest BCUT2D eigenvalue weighted by Crippen LogP contribution is -2.37. The van der Waals surface area contributed by atoms with Crippen molar-refractivity contribution in [1.82, 2.24) is 0 Å². The molecule has 0 radical (unpaired) electrons. The topological polar surface area (TPSA) is 63.6 Å². The number of hydrogen-bond acceptors (Lipinski definition) is 4. The van der Waals surface area contributed by atoms with Gasteiger partial charge in [-0.05, 0) is 31.2 Å². The number of hydrogen-bond donors (Lipinski definition) is 1. The Morgan fingerprint density at radius 1 is 1.33 bits per heavy atom. The monoisotopic (exact) mass is 268 g/mol. The molecule has 0 aromatic heterocycles. The SMILES string of the molecule is COC(=O)C(C)(CCSc1ccccc1)C(=O)O. The Hall–Kier alpha value is -1.49. The van der Waals surface area contributed by atoms with Gasteiger partial charge in [-0.25, -0.2) is 0 Å². The minimum absolute atomic E-state index is 0.231. The van der Waals surface area contributed by atoms with Crippen LogP contribution in [0.5, 0.6) is 0 Å². The molecule has 0 aliphatic rings. The Kier molecular flexibility index (Phi) is 5.22. The van der Waals surface area contributed by atoms with Gasteiger partial charge in [0.25, 0.3) is 0 Å². The molecule has 1 rings (SSSR count). The molecule has 0 aliphatic carbocycles. The Morgan fingerprint density at radius 2 is 1.94 bits per heavy atom. The first kappa shape index (κ1) is 14.6. The first-order valence-corrected chi connectivity index (χ1v) is 6.49. The zero-order valence-corrected chi connectivity index (χ0v) is 11.2. The molecule has 0 saturated carbocycles. The number of methoxy groups -OCH3 is 1. The lowest BCUT2D eigenvalue weighted by Gasteiger charge is -2.21. The van der Waals surface area contributed by atoms with Gasteiger partial charge in [-0.3, -0.25) is 9.59 Å². The van der Waals surface area contributed by atoms with E-state index in [2.05, 4.69) is 4.74 Å². The van der Waals surface area contributed by atoms with Crippen LogP contribution in [0.2, 0.25) is 0 Å². The summed E-state index contributed by atoms with van der Waals surface area (Å²) < 4.78 is 4.55. The molecule has 98 valence electrons. The molecule has 0 saturated heterocycles. The molecule has 1 unspecified atom stereocenters. The van der Waals surface area contributed by atoms with Gasteiger partial charge in [0, 0.05) is 4.90 Å². The molecule has 1 atom stereocenters. The van der Waals surface area contributed by atoms with E-state index in [4.69, 9.17) is 5.11 Å². The Balaban J connectivity index is 2.59. The van der Waals surface area contributed by atoms with Crippen molar-refractivity contribution < 1.29 is 19.4 Å². The van der Waals surface area contributed by atoms with Crippen molar-refractivity contribution in [3.8, 4) is 0 Å². The van der Waals surface area contributed by atoms with E-state index in [0.717, 1.165) is 4.90 Å². The van der Waals surface area contributed by atoms with E-state index in [1.54, 1.807) is 0 Å². The molecule has 0 bridgehead atoms. The van der Waals surface area contributed by atoms with Gasteiger partial charge in [0.1, 0.15) is 0 Å². The summed E-state index contributed by atoms with van der Waals surface area (Å²) in [5.41, 5.74) is -1.48. The second kappa shape index (κ2) is 6.44. The fraction of sp³-hybridized carbons (Fsp3) is 0.385. The molecule has 0 spiro atoms. The van der Waals surface area contributed by atoms with Crippen molar-refractivity contribution in [2.45, 2.75) is 18.2 Å². The number of carboxylic acids is 1. The molecule has 1 aromatic carbocycles. The smallest absolute Gasteiger partial charge is 0.322 e. The lowest BCUT2D eigenvalue weighted by atomic mass is 9.88. The maximum Gasteiger partial charge on any atom is 0.322 e. The van der Waals surface area contributed by atoms with E-state index in [9.17, 15) is 9.59 Å². The standard InChI is InChI=1S/C13H16O4S/c1-13(11(14)15,12(16)17-2)8-9-18-10-6-4-3-5-7-10/h3-7H,8-9H2,1-2H3,(H,14,15). The lowest BCUT2D eigenvalue weighted by molar-refractivity contribution is -0.165. The van der Waals surface area contributed by atoms with E-state index in [1.807, 2.05) is 30.3 Å². The van der Waals surface area contributed by atoms with Gasteiger partial charge in [0.15, 0.2) is 5.41 Å². The van der Waals surface area contributed by atoms with E-state index in [1.165, 1.54) is 25.8 Å². The second-order valence-electron chi connectivity index (χ2n) is 4.04. The summed E-state index contributed by atoms with van der Waals surface area (Å²) >= 11 is 1.52. The van der Waals surface area contributed by atoms with Gasteiger partial charge in [0.05, 0.1) is 7.11 Å². The third-order valence-electron chi connectivity index (χ3n) is 2.72. The highest BCUT2D eigenvalue weighted by Gasteiger charge is 2.42. The number of thioether (sulfide) groups is 1. The fourth-order valence-electron chi connectivity index (χ4n) is 1.41. The average molecular weight is 268 g/mol. The van der Waals surface area contributed by atoms with Crippen LogP contribution in [0, 0.1) is 5.41 Å². The quantitative estimate of drug-likeness (QED) is 0.487. The summed E-state index contributed by atoms with van der Waals surface area (Å²) in [6, 6.07) is 9.64. The summed E-state index contributed by atoms with van der Waals surface area (Å²) in [6.45, 7) is 1.40. The van der Waals surface area contributed by atoms with Gasteiger partial charge in [-0.15, -0.1) is 11.8 Å². The predicted molar refractivity (Wildman–Crippen MR) is 69.5 cm³/mol. The molecule has 0 heterocycles. The third kappa shape index (κ3) is 3.50. The van der Waals surface area contributed by atoms with Crippen LogP contribution in [-0.4, -0.2) is 29.9 Å². The van der Waals surface area contributed by atoms with Crippen molar-refractivity contribution >= 4 is 23.7 Å². The van der Waals surface area contributed by atoms with Crippen molar-refractivity contribution in [2.24, 2.45) is 5.41 Å². The summed E-state index contributed by atoms with van der Waals surface area (Å²) in [5, 5.41) is 9.12. The third-order valence-corrected chi connectivity index (χ3v) is 3.74. The van der Waals surface area contributed by atoms with Crippen molar-refractivity contribution in [3.63, 3.8) is 0 Å². The maximum atomic E-state index is 11.5. The average Bonchev–Trinajstić information content (AvgIpc) is 2.38. The highest BCUT2D eigenvalue weighted by atomic mass is 32.2. The van der Waals surface area contributed by atoms with Gasteiger partial charge in [-0.1, -0.05) is 18.2 Å². The number of carboxylic acid groups (broad SMARTS) is 1. The summed E-state index contributed by atoms with van der Waals surface area (Å²) in [5.74, 6) is -1.31. The Labute approximate surface area is 110 Å². The van der Waals surface area contributed by atoms with Crippen LogP contribution < -0.4 is 0 Å². The number of ether oxygens (including phenoxy) is 1. The first-order chi connectivity index (χ1) is 8.50. The molecule has 1 N–H and O–H groups in total. The van der Waals surface area contributed by atoms with Crippen molar-refractivity contribution in [3.05, 3.63) is 30.3 Å². The van der Waals surface area contributed by atoms with Crippen LogP contribution >= 0.6 is 11.8 Å². The summed E-state index contributed by atoms with van der Waals surface area (Å²) in [7, 11) is 1.20. The van der Waals surface area contributed by atoms with Gasteiger partial charge >= 0.3 is 11.9 Å². The number of carbonyl (C=O) groups is 2. The Morgan fingerprint density at radius 3 is 2.44 bits per heavy atom. The van der Waals surface area contributed by atoms with E-state index < -0.39 is 17.4 Å². The van der Waals surface area contributed by atoms with E-state index in [0.29, 0.717) is 5.75 Å². The van der Waals surface area contributed by atoms with Crippen LogP contribution in [-0.2, 0) is 14.3 Å². The number of aliphatic carboxylic acids is 1. The zero-order valence-electron chi connectivity index (χ0n) is 10.4. The van der Waals surface area contributed by atoms with Crippen LogP contribution in [0.15, 0.2) is 35.2 Å². The zero-order chi connectivity index (χ0) is 13.6. The highest BCUT2D eigenvalue weighted by molar-refractivity contribution is 7.99. The minimum atomic E-state index is -1.48. The van der Waals surface area contributed by atoms with Crippen molar-refractivity contribution in [1.29, 1.82) is 0 Å².